The summed E-state index contributed by atoms with van der Waals surface area (Å²) in [4.78, 5) is 27.0. The Morgan fingerprint density at radius 2 is 1.81 bits per heavy atom. The van der Waals surface area contributed by atoms with Gasteiger partial charge in [-0.25, -0.2) is 4.39 Å². The van der Waals surface area contributed by atoms with Gasteiger partial charge < -0.3 is 14.4 Å². The molecule has 1 atom stereocenters. The number of aliphatic hydroxyl groups is 1. The summed E-state index contributed by atoms with van der Waals surface area (Å²) in [6, 6.07) is 15.7. The second kappa shape index (κ2) is 6.48. The van der Waals surface area contributed by atoms with Gasteiger partial charge in [0.05, 0.1) is 24.9 Å². The van der Waals surface area contributed by atoms with Crippen molar-refractivity contribution in [2.45, 2.75) is 18.6 Å². The molecule has 1 aliphatic rings. The van der Waals surface area contributed by atoms with E-state index in [0.717, 1.165) is 0 Å². The molecular weight excluding hydrogens is 349 g/mol. The van der Waals surface area contributed by atoms with E-state index >= 15 is 0 Å². The Morgan fingerprint density at radius 1 is 1.07 bits per heavy atom. The second-order valence-electron chi connectivity index (χ2n) is 6.47. The van der Waals surface area contributed by atoms with E-state index in [2.05, 4.69) is 0 Å². The lowest BCUT2D eigenvalue weighted by Gasteiger charge is -2.22. The predicted octanol–water partition coefficient (Wildman–Crippen LogP) is 3.43. The molecule has 0 fully saturated rings. The van der Waals surface area contributed by atoms with E-state index in [-0.39, 0.29) is 18.1 Å². The number of halogens is 1. The maximum absolute atomic E-state index is 13.2. The Labute approximate surface area is 154 Å². The van der Waals surface area contributed by atoms with Gasteiger partial charge in [-0.3, -0.25) is 9.59 Å². The maximum Gasteiger partial charge on any atom is 0.264 e. The van der Waals surface area contributed by atoms with Gasteiger partial charge in [0, 0.05) is 5.56 Å². The average molecular weight is 365 g/mol. The van der Waals surface area contributed by atoms with Gasteiger partial charge in [-0.2, -0.15) is 0 Å². The summed E-state index contributed by atoms with van der Waals surface area (Å²) in [5.41, 5.74) is -0.361. The molecule has 0 aliphatic carbocycles. The highest BCUT2D eigenvalue weighted by molar-refractivity contribution is 6.10. The van der Waals surface area contributed by atoms with Crippen LogP contribution < -0.4 is 4.90 Å². The SMILES string of the molecule is O=C(C[C@@]1(O)C(=O)N(Cc2ccc(F)cc2)c2ccccc21)c1ccco1. The van der Waals surface area contributed by atoms with Gasteiger partial charge in [-0.05, 0) is 35.9 Å². The highest BCUT2D eigenvalue weighted by Gasteiger charge is 2.51. The van der Waals surface area contributed by atoms with Gasteiger partial charge in [0.15, 0.2) is 11.4 Å². The average Bonchev–Trinajstić information content (AvgIpc) is 3.27. The van der Waals surface area contributed by atoms with Crippen molar-refractivity contribution in [3.8, 4) is 0 Å². The van der Waals surface area contributed by atoms with Crippen LogP contribution in [0.3, 0.4) is 0 Å². The molecular formula is C21H16FNO4. The minimum absolute atomic E-state index is 0.0886. The number of Topliss-reactive ketones (excluding diaryl/α,β-unsaturated/α-hetero) is 1. The topological polar surface area (TPSA) is 70.8 Å². The normalized spacial score (nSPS) is 18.6. The van der Waals surface area contributed by atoms with E-state index in [1.54, 1.807) is 42.5 Å². The van der Waals surface area contributed by atoms with Crippen LogP contribution in [0.5, 0.6) is 0 Å². The number of hydrogen-bond donors (Lipinski definition) is 1. The minimum Gasteiger partial charge on any atom is -0.461 e. The van der Waals surface area contributed by atoms with E-state index in [1.165, 1.54) is 29.4 Å². The summed E-state index contributed by atoms with van der Waals surface area (Å²) >= 11 is 0. The number of para-hydroxylation sites is 1. The Bertz CT molecular complexity index is 997. The molecule has 6 heteroatoms. The number of benzene rings is 2. The first-order valence-corrected chi connectivity index (χ1v) is 8.44. The Kier molecular flexibility index (Phi) is 4.12. The molecule has 1 aromatic heterocycles. The van der Waals surface area contributed by atoms with Crippen molar-refractivity contribution in [3.63, 3.8) is 0 Å². The van der Waals surface area contributed by atoms with Crippen molar-refractivity contribution in [1.29, 1.82) is 0 Å². The summed E-state index contributed by atoms with van der Waals surface area (Å²) in [5.74, 6) is -1.33. The number of carbonyl (C=O) groups excluding carboxylic acids is 2. The molecule has 4 rings (SSSR count). The predicted molar refractivity (Wildman–Crippen MR) is 95.6 cm³/mol. The summed E-state index contributed by atoms with van der Waals surface area (Å²) in [7, 11) is 0. The van der Waals surface area contributed by atoms with Gasteiger partial charge in [0.1, 0.15) is 5.82 Å². The number of rotatable bonds is 5. The van der Waals surface area contributed by atoms with Crippen molar-refractivity contribution in [2.24, 2.45) is 0 Å². The first kappa shape index (κ1) is 17.2. The summed E-state index contributed by atoms with van der Waals surface area (Å²) in [6.45, 7) is 0.160. The van der Waals surface area contributed by atoms with Gasteiger partial charge in [-0.1, -0.05) is 30.3 Å². The Balaban J connectivity index is 1.68. The van der Waals surface area contributed by atoms with Crippen molar-refractivity contribution < 1.29 is 23.5 Å². The highest BCUT2D eigenvalue weighted by atomic mass is 19.1. The Hall–Kier alpha value is -3.25. The maximum atomic E-state index is 13.2. The largest absolute Gasteiger partial charge is 0.461 e. The molecule has 0 saturated carbocycles. The van der Waals surface area contributed by atoms with E-state index in [9.17, 15) is 19.1 Å². The summed E-state index contributed by atoms with van der Waals surface area (Å²) in [6.07, 6.45) is 0.943. The summed E-state index contributed by atoms with van der Waals surface area (Å²) in [5, 5.41) is 11.2. The number of ketones is 1. The van der Waals surface area contributed by atoms with Crippen LogP contribution in [-0.2, 0) is 16.9 Å². The molecule has 0 bridgehead atoms. The molecule has 0 unspecified atom stereocenters. The monoisotopic (exact) mass is 365 g/mol. The van der Waals surface area contributed by atoms with Gasteiger partial charge >= 0.3 is 0 Å². The second-order valence-corrected chi connectivity index (χ2v) is 6.47. The fourth-order valence-corrected chi connectivity index (χ4v) is 3.36. The van der Waals surface area contributed by atoms with Gasteiger partial charge in [0.2, 0.25) is 5.78 Å². The Morgan fingerprint density at radius 3 is 2.52 bits per heavy atom. The van der Waals surface area contributed by atoms with Crippen LogP contribution in [0.2, 0.25) is 0 Å². The van der Waals surface area contributed by atoms with Crippen molar-refractivity contribution in [2.75, 3.05) is 4.90 Å². The quantitative estimate of drug-likeness (QED) is 0.704. The lowest BCUT2D eigenvalue weighted by Crippen LogP contribution is -2.41. The third-order valence-electron chi connectivity index (χ3n) is 4.71. The fraction of sp³-hybridized carbons (Fsp3) is 0.143. The van der Waals surface area contributed by atoms with Gasteiger partial charge in [-0.15, -0.1) is 0 Å². The number of fused-ring (bicyclic) bond motifs is 1. The molecule has 3 aromatic rings. The lowest BCUT2D eigenvalue weighted by atomic mass is 9.89. The summed E-state index contributed by atoms with van der Waals surface area (Å²) < 4.78 is 18.2. The smallest absolute Gasteiger partial charge is 0.264 e. The molecule has 2 heterocycles. The number of hydrogen-bond acceptors (Lipinski definition) is 4. The molecule has 0 spiro atoms. The number of furan rings is 1. The lowest BCUT2D eigenvalue weighted by molar-refractivity contribution is -0.136. The fourth-order valence-electron chi connectivity index (χ4n) is 3.36. The van der Waals surface area contributed by atoms with Gasteiger partial charge in [0.25, 0.3) is 5.91 Å². The van der Waals surface area contributed by atoms with Crippen molar-refractivity contribution in [3.05, 3.63) is 89.6 Å². The van der Waals surface area contributed by atoms with Crippen LogP contribution >= 0.6 is 0 Å². The van der Waals surface area contributed by atoms with Crippen LogP contribution in [0.4, 0.5) is 10.1 Å². The standard InChI is InChI=1S/C21H16FNO4/c22-15-9-7-14(8-10-15)13-23-17-5-2-1-4-16(17)21(26,20(23)25)12-18(24)19-6-3-11-27-19/h1-11,26H,12-13H2/t21-/m0/s1. The van der Waals surface area contributed by atoms with E-state index < -0.39 is 23.7 Å². The number of amides is 1. The van der Waals surface area contributed by atoms with E-state index in [1.807, 2.05) is 0 Å². The molecule has 5 nitrogen and oxygen atoms in total. The molecule has 1 aliphatic heterocycles. The number of nitrogens with zero attached hydrogens (tertiary/aromatic N) is 1. The molecule has 0 radical (unpaired) electrons. The van der Waals surface area contributed by atoms with Crippen LogP contribution in [0.15, 0.2) is 71.3 Å². The zero-order valence-electron chi connectivity index (χ0n) is 14.3. The first-order chi connectivity index (χ1) is 13.0. The highest BCUT2D eigenvalue weighted by Crippen LogP contribution is 2.43. The third-order valence-corrected chi connectivity index (χ3v) is 4.71. The van der Waals surface area contributed by atoms with Crippen molar-refractivity contribution in [1.82, 2.24) is 0 Å². The zero-order valence-corrected chi connectivity index (χ0v) is 14.3. The third kappa shape index (κ3) is 2.94. The molecule has 136 valence electrons. The van der Waals surface area contributed by atoms with Crippen LogP contribution in [0.25, 0.3) is 0 Å². The number of carbonyl (C=O) groups is 2. The molecule has 1 amide bonds. The molecule has 2 aromatic carbocycles. The van der Waals surface area contributed by atoms with Crippen LogP contribution in [0, 0.1) is 5.82 Å². The minimum atomic E-state index is -1.97. The first-order valence-electron chi connectivity index (χ1n) is 8.44. The van der Waals surface area contributed by atoms with Crippen LogP contribution in [0.1, 0.15) is 28.1 Å². The zero-order chi connectivity index (χ0) is 19.0. The number of anilines is 1. The molecule has 27 heavy (non-hydrogen) atoms. The van der Waals surface area contributed by atoms with E-state index in [0.29, 0.717) is 16.8 Å². The van der Waals surface area contributed by atoms with Crippen molar-refractivity contribution >= 4 is 17.4 Å². The van der Waals surface area contributed by atoms with Crippen LogP contribution in [-0.4, -0.2) is 16.8 Å². The van der Waals surface area contributed by atoms with E-state index in [4.69, 9.17) is 4.42 Å². The molecule has 1 N–H and O–H groups in total. The molecule has 0 saturated heterocycles.